The van der Waals surface area contributed by atoms with Crippen molar-refractivity contribution >= 4 is 49.3 Å². The van der Waals surface area contributed by atoms with E-state index in [1.54, 1.807) is 0 Å². The second kappa shape index (κ2) is 13.0. The van der Waals surface area contributed by atoms with Gasteiger partial charge in [0.1, 0.15) is 0 Å². The summed E-state index contributed by atoms with van der Waals surface area (Å²) in [5, 5.41) is 7.63. The monoisotopic (exact) mass is 679 g/mol. The Labute approximate surface area is 312 Å². The van der Waals surface area contributed by atoms with E-state index in [0.29, 0.717) is 0 Å². The third-order valence-electron chi connectivity index (χ3n) is 11.2. The molecule has 1 aliphatic rings. The molecule has 8 aromatic carbocycles. The zero-order valence-electron chi connectivity index (χ0n) is 30.5. The van der Waals surface area contributed by atoms with E-state index in [2.05, 4.69) is 208 Å². The van der Waals surface area contributed by atoms with Gasteiger partial charge in [-0.1, -0.05) is 160 Å². The van der Waals surface area contributed by atoms with Crippen LogP contribution in [0.1, 0.15) is 31.9 Å². The summed E-state index contributed by atoms with van der Waals surface area (Å²) in [7, 11) is 0. The molecule has 0 bridgehead atoms. The molecule has 0 atom stereocenters. The van der Waals surface area contributed by atoms with Crippen LogP contribution in [-0.2, 0) is 5.41 Å². The van der Waals surface area contributed by atoms with Crippen molar-refractivity contribution in [2.24, 2.45) is 0 Å². The highest BCUT2D eigenvalue weighted by molar-refractivity contribution is 6.14. The first-order valence-corrected chi connectivity index (χ1v) is 18.5. The number of anilines is 2. The molecular formula is C52H41N. The van der Waals surface area contributed by atoms with Gasteiger partial charge in [0.2, 0.25) is 0 Å². The van der Waals surface area contributed by atoms with Gasteiger partial charge in [-0.15, -0.1) is 0 Å². The Morgan fingerprint density at radius 1 is 0.509 bits per heavy atom. The minimum absolute atomic E-state index is 0.247. The molecule has 0 heterocycles. The predicted octanol–water partition coefficient (Wildman–Crippen LogP) is 14.5. The van der Waals surface area contributed by atoms with E-state index >= 15 is 0 Å². The molecule has 0 saturated carbocycles. The zero-order valence-corrected chi connectivity index (χ0v) is 30.5. The summed E-state index contributed by atoms with van der Waals surface area (Å²) in [4.78, 5) is 2.28. The van der Waals surface area contributed by atoms with Crippen LogP contribution in [0, 0.1) is 0 Å². The molecule has 53 heavy (non-hydrogen) atoms. The van der Waals surface area contributed by atoms with E-state index in [4.69, 9.17) is 6.58 Å². The smallest absolute Gasteiger partial charge is 0.0461 e. The van der Waals surface area contributed by atoms with Gasteiger partial charge in [-0.3, -0.25) is 0 Å². The van der Waals surface area contributed by atoms with Crippen molar-refractivity contribution in [1.29, 1.82) is 0 Å². The maximum Gasteiger partial charge on any atom is 0.0461 e. The quantitative estimate of drug-likeness (QED) is 0.158. The molecule has 0 unspecified atom stereocenters. The van der Waals surface area contributed by atoms with Crippen molar-refractivity contribution < 1.29 is 0 Å². The van der Waals surface area contributed by atoms with Crippen molar-refractivity contribution in [2.75, 3.05) is 4.90 Å². The van der Waals surface area contributed by atoms with Crippen molar-refractivity contribution in [3.63, 3.8) is 0 Å². The molecule has 0 aliphatic heterocycles. The average molecular weight is 680 g/mol. The summed E-state index contributed by atoms with van der Waals surface area (Å²) in [6, 6.07) is 61.6. The van der Waals surface area contributed by atoms with Gasteiger partial charge >= 0.3 is 0 Å². The van der Waals surface area contributed by atoms with E-state index in [-0.39, 0.29) is 5.41 Å². The van der Waals surface area contributed by atoms with Crippen molar-refractivity contribution in [2.45, 2.75) is 26.2 Å². The minimum atomic E-state index is -0.247. The third kappa shape index (κ3) is 5.48. The Kier molecular flexibility index (Phi) is 7.94. The normalized spacial score (nSPS) is 15.0. The molecular weight excluding hydrogens is 639 g/mol. The Morgan fingerprint density at radius 3 is 1.87 bits per heavy atom. The number of para-hydroxylation sites is 1. The molecule has 0 aromatic heterocycles. The molecule has 8 aromatic rings. The van der Waals surface area contributed by atoms with Gasteiger partial charge in [-0.25, -0.2) is 0 Å². The van der Waals surface area contributed by atoms with Crippen LogP contribution in [0.25, 0.3) is 60.1 Å². The van der Waals surface area contributed by atoms with Crippen LogP contribution in [0.5, 0.6) is 0 Å². The Balaban J connectivity index is 1.12. The van der Waals surface area contributed by atoms with Crippen LogP contribution < -0.4 is 4.90 Å². The molecule has 0 spiro atoms. The summed E-state index contributed by atoms with van der Waals surface area (Å²) < 4.78 is 0. The molecule has 1 heteroatoms. The molecule has 1 aliphatic carbocycles. The molecule has 254 valence electrons. The second-order valence-electron chi connectivity index (χ2n) is 14.6. The van der Waals surface area contributed by atoms with Crippen molar-refractivity contribution in [1.82, 2.24) is 0 Å². The minimum Gasteiger partial charge on any atom is -0.311 e. The summed E-state index contributed by atoms with van der Waals surface area (Å²) in [5.41, 5.74) is 12.9. The maximum atomic E-state index is 4.74. The maximum absolute atomic E-state index is 4.74. The Hall–Kier alpha value is -6.44. The summed E-state index contributed by atoms with van der Waals surface area (Å²) >= 11 is 0. The lowest BCUT2D eigenvalue weighted by Gasteiger charge is -2.28. The fraction of sp³-hybridized carbons (Fsp3) is 0.0769. The second-order valence-corrected chi connectivity index (χ2v) is 14.6. The largest absolute Gasteiger partial charge is 0.311 e. The number of hydrogen-bond donors (Lipinski definition) is 0. The number of benzene rings is 8. The van der Waals surface area contributed by atoms with Gasteiger partial charge in [0.05, 0.1) is 0 Å². The first-order valence-electron chi connectivity index (χ1n) is 18.5. The number of rotatable bonds is 6. The van der Waals surface area contributed by atoms with Crippen LogP contribution in [0.4, 0.5) is 11.4 Å². The molecule has 0 fully saturated rings. The molecule has 0 radical (unpaired) electrons. The lowest BCUT2D eigenvalue weighted by molar-refractivity contribution is 0.660. The summed E-state index contributed by atoms with van der Waals surface area (Å²) in [6.45, 7) is 11.6. The molecule has 9 rings (SSSR count). The fourth-order valence-electron chi connectivity index (χ4n) is 8.51. The van der Waals surface area contributed by atoms with E-state index < -0.39 is 0 Å². The van der Waals surface area contributed by atoms with Gasteiger partial charge in [0, 0.05) is 22.5 Å². The predicted molar refractivity (Wildman–Crippen MR) is 229 cm³/mol. The number of hydrogen-bond acceptors (Lipinski definition) is 1. The molecule has 1 nitrogen and oxygen atoms in total. The topological polar surface area (TPSA) is 3.24 Å². The lowest BCUT2D eigenvalue weighted by atomic mass is 9.80. The van der Waals surface area contributed by atoms with Crippen molar-refractivity contribution in [3.8, 4) is 22.3 Å². The van der Waals surface area contributed by atoms with Crippen LogP contribution in [-0.4, -0.2) is 0 Å². The Morgan fingerprint density at radius 2 is 1.11 bits per heavy atom. The van der Waals surface area contributed by atoms with Crippen LogP contribution in [0.3, 0.4) is 0 Å². The van der Waals surface area contributed by atoms with Gasteiger partial charge in [-0.05, 0) is 126 Å². The van der Waals surface area contributed by atoms with Crippen molar-refractivity contribution in [3.05, 3.63) is 211 Å². The highest BCUT2D eigenvalue weighted by Gasteiger charge is 2.38. The lowest BCUT2D eigenvalue weighted by Crippen LogP contribution is -2.19. The van der Waals surface area contributed by atoms with Gasteiger partial charge in [0.25, 0.3) is 0 Å². The van der Waals surface area contributed by atoms with Gasteiger partial charge in [0.15, 0.2) is 0 Å². The highest BCUT2D eigenvalue weighted by atomic mass is 15.1. The summed E-state index contributed by atoms with van der Waals surface area (Å²) in [5.74, 6) is 0. The fourth-order valence-corrected chi connectivity index (χ4v) is 8.51. The number of allylic oxidation sites excluding steroid dienone is 4. The SMILES string of the molecule is C=C(C=C1/C(=C\C)c2ccc(-c3cc4ccccc4c4ccccc34)cc2C1(C)C)N(c1ccccc1)c1ccc(-c2cccc3ccccc23)cc1. The number of fused-ring (bicyclic) bond motifs is 5. The van der Waals surface area contributed by atoms with Gasteiger partial charge < -0.3 is 4.90 Å². The number of nitrogens with zero attached hydrogens (tertiary/aromatic N) is 1. The first-order chi connectivity index (χ1) is 25.9. The van der Waals surface area contributed by atoms with Crippen LogP contribution in [0.2, 0.25) is 0 Å². The molecule has 0 amide bonds. The van der Waals surface area contributed by atoms with E-state index in [9.17, 15) is 0 Å². The molecule has 0 saturated heterocycles. The summed E-state index contributed by atoms with van der Waals surface area (Å²) in [6.07, 6.45) is 4.58. The standard InChI is InChI=1S/C52H41N/c1-5-42-48-31-28-39(49-33-38-17-10-12-22-45(38)46-23-13-14-24-47(46)49)34-51(48)52(3,4)50(42)32-35(2)53(40-19-7-6-8-20-40)41-29-26-37(27-30-41)44-25-15-18-36-16-9-11-21-43(36)44/h5-34H,2H2,1,3-4H3/b42-5-,50-32?. The van der Waals surface area contributed by atoms with E-state index in [1.165, 1.54) is 76.8 Å². The highest BCUT2D eigenvalue weighted by Crippen LogP contribution is 2.52. The van der Waals surface area contributed by atoms with Crippen LogP contribution in [0.15, 0.2) is 200 Å². The average Bonchev–Trinajstić information content (AvgIpc) is 3.42. The zero-order chi connectivity index (χ0) is 36.1. The van der Waals surface area contributed by atoms with Gasteiger partial charge in [-0.2, -0.15) is 0 Å². The van der Waals surface area contributed by atoms with Crippen LogP contribution >= 0.6 is 0 Å². The first kappa shape index (κ1) is 32.5. The molecule has 0 N–H and O–H groups in total. The Bertz CT molecular complexity index is 2760. The third-order valence-corrected chi connectivity index (χ3v) is 11.2. The van der Waals surface area contributed by atoms with E-state index in [0.717, 1.165) is 17.1 Å². The van der Waals surface area contributed by atoms with E-state index in [1.807, 2.05) is 0 Å².